The van der Waals surface area contributed by atoms with E-state index in [0.717, 1.165) is 10.9 Å². The van der Waals surface area contributed by atoms with Gasteiger partial charge >= 0.3 is 5.97 Å². The summed E-state index contributed by atoms with van der Waals surface area (Å²) in [4.78, 5) is 63.3. The van der Waals surface area contributed by atoms with Crippen molar-refractivity contribution in [2.24, 2.45) is 11.5 Å². The Morgan fingerprint density at radius 2 is 1.80 bits per heavy atom. The Morgan fingerprint density at radius 3 is 2.46 bits per heavy atom. The highest BCUT2D eigenvalue weighted by Crippen LogP contribution is 2.19. The molecule has 1 aromatic carbocycles. The zero-order chi connectivity index (χ0) is 26.0. The summed E-state index contributed by atoms with van der Waals surface area (Å²) < 4.78 is 0. The van der Waals surface area contributed by atoms with Crippen molar-refractivity contribution in [1.82, 2.24) is 20.9 Å². The van der Waals surface area contributed by atoms with Crippen molar-refractivity contribution in [3.63, 3.8) is 0 Å². The highest BCUT2D eigenvalue weighted by atomic mass is 32.2. The van der Waals surface area contributed by atoms with Gasteiger partial charge in [0.2, 0.25) is 23.6 Å². The van der Waals surface area contributed by atoms with Crippen LogP contribution in [0.5, 0.6) is 0 Å². The summed E-state index contributed by atoms with van der Waals surface area (Å²) in [7, 11) is 0. The Balaban J connectivity index is 2.01. The molecule has 13 heteroatoms. The number of carbonyl (C=O) groups is 5. The van der Waals surface area contributed by atoms with Crippen LogP contribution < -0.4 is 27.4 Å². The van der Waals surface area contributed by atoms with E-state index in [2.05, 4.69) is 20.9 Å². The summed E-state index contributed by atoms with van der Waals surface area (Å²) in [6, 6.07) is 3.74. The van der Waals surface area contributed by atoms with E-state index in [1.54, 1.807) is 12.3 Å². The third-order valence-corrected chi connectivity index (χ3v) is 5.81. The Bertz CT molecular complexity index is 1070. The second-order valence-electron chi connectivity index (χ2n) is 7.86. The third kappa shape index (κ3) is 8.61. The van der Waals surface area contributed by atoms with Crippen molar-refractivity contribution in [2.45, 2.75) is 37.4 Å². The van der Waals surface area contributed by atoms with Crippen LogP contribution in [0, 0.1) is 0 Å². The first-order valence-corrected chi connectivity index (χ1v) is 12.2. The van der Waals surface area contributed by atoms with E-state index in [9.17, 15) is 29.1 Å². The average molecular weight is 507 g/mol. The average Bonchev–Trinajstić information content (AvgIpc) is 3.22. The minimum absolute atomic E-state index is 0.0354. The fourth-order valence-corrected chi connectivity index (χ4v) is 3.81. The molecule has 0 aliphatic rings. The number of amides is 4. The lowest BCUT2D eigenvalue weighted by Crippen LogP contribution is -2.55. The molecule has 0 aliphatic carbocycles. The number of carboxylic acids is 1. The van der Waals surface area contributed by atoms with E-state index in [1.165, 1.54) is 11.8 Å². The second-order valence-corrected chi connectivity index (χ2v) is 8.84. The molecule has 0 radical (unpaired) electrons. The highest BCUT2D eigenvalue weighted by Gasteiger charge is 2.28. The second kappa shape index (κ2) is 13.3. The molecule has 2 rings (SSSR count). The van der Waals surface area contributed by atoms with Gasteiger partial charge in [0.05, 0.1) is 19.0 Å². The standard InChI is InChI=1S/C22H30N6O6S/c1-35-7-6-14(23)20(31)26-11-19(30)27-16(9-18(24)29)21(32)28-17(22(33)34)8-12-10-25-15-5-3-2-4-13(12)15/h2-5,10,14,16-17,25H,6-9,11,23H2,1H3,(H2,24,29)(H,26,31)(H,27,30)(H,28,32)(H,33,34). The van der Waals surface area contributed by atoms with Crippen LogP contribution in [0.25, 0.3) is 10.9 Å². The molecule has 2 aromatic rings. The number of aromatic nitrogens is 1. The predicted octanol–water partition coefficient (Wildman–Crippen LogP) is -1.16. The lowest BCUT2D eigenvalue weighted by Gasteiger charge is -2.21. The van der Waals surface area contributed by atoms with Gasteiger partial charge in [-0.25, -0.2) is 4.79 Å². The molecule has 0 bridgehead atoms. The molecule has 35 heavy (non-hydrogen) atoms. The number of para-hydroxylation sites is 1. The van der Waals surface area contributed by atoms with E-state index >= 15 is 0 Å². The number of aromatic amines is 1. The maximum Gasteiger partial charge on any atom is 0.326 e. The van der Waals surface area contributed by atoms with Crippen LogP contribution in [0.15, 0.2) is 30.5 Å². The first kappa shape index (κ1) is 27.7. The molecule has 4 amide bonds. The van der Waals surface area contributed by atoms with Crippen LogP contribution >= 0.6 is 11.8 Å². The fourth-order valence-electron chi connectivity index (χ4n) is 3.32. The van der Waals surface area contributed by atoms with Gasteiger partial charge < -0.3 is 37.5 Å². The quantitative estimate of drug-likeness (QED) is 0.166. The van der Waals surface area contributed by atoms with E-state index < -0.39 is 60.7 Å². The van der Waals surface area contributed by atoms with Crippen LogP contribution in [0.3, 0.4) is 0 Å². The predicted molar refractivity (Wildman–Crippen MR) is 131 cm³/mol. The molecule has 3 atom stereocenters. The van der Waals surface area contributed by atoms with Gasteiger partial charge in [-0.2, -0.15) is 11.8 Å². The smallest absolute Gasteiger partial charge is 0.326 e. The van der Waals surface area contributed by atoms with Crippen LogP contribution in [0.2, 0.25) is 0 Å². The molecule has 1 heterocycles. The number of fused-ring (bicyclic) bond motifs is 1. The number of aliphatic carboxylic acids is 1. The number of hydrogen-bond acceptors (Lipinski definition) is 7. The maximum atomic E-state index is 12.8. The molecule has 0 fully saturated rings. The number of nitrogens with one attached hydrogen (secondary N) is 4. The number of carbonyl (C=O) groups excluding carboxylic acids is 4. The van der Waals surface area contributed by atoms with Crippen molar-refractivity contribution < 1.29 is 29.1 Å². The maximum absolute atomic E-state index is 12.8. The first-order valence-electron chi connectivity index (χ1n) is 10.8. The van der Waals surface area contributed by atoms with Crippen LogP contribution in [-0.4, -0.2) is 76.4 Å². The highest BCUT2D eigenvalue weighted by molar-refractivity contribution is 7.98. The SMILES string of the molecule is CSCCC(N)C(=O)NCC(=O)NC(CC(N)=O)C(=O)NC(Cc1c[nH]c2ccccc12)C(=O)O. The van der Waals surface area contributed by atoms with Gasteiger partial charge in [-0.15, -0.1) is 0 Å². The van der Waals surface area contributed by atoms with E-state index in [1.807, 2.05) is 24.5 Å². The summed E-state index contributed by atoms with van der Waals surface area (Å²) in [5.41, 5.74) is 12.4. The lowest BCUT2D eigenvalue weighted by atomic mass is 10.0. The molecule has 9 N–H and O–H groups in total. The Labute approximate surface area is 205 Å². The number of thioether (sulfide) groups is 1. The van der Waals surface area contributed by atoms with Gasteiger partial charge in [-0.3, -0.25) is 19.2 Å². The molecule has 3 unspecified atom stereocenters. The fraction of sp³-hybridized carbons (Fsp3) is 0.409. The number of primary amides is 1. The summed E-state index contributed by atoms with van der Waals surface area (Å²) in [5.74, 6) is -3.69. The van der Waals surface area contributed by atoms with Crippen LogP contribution in [0.4, 0.5) is 0 Å². The van der Waals surface area contributed by atoms with E-state index in [4.69, 9.17) is 11.5 Å². The van der Waals surface area contributed by atoms with Crippen molar-refractivity contribution >= 4 is 52.3 Å². The Kier molecular flexibility index (Phi) is 10.5. The van der Waals surface area contributed by atoms with Gasteiger partial charge in [-0.05, 0) is 30.1 Å². The largest absolute Gasteiger partial charge is 0.480 e. The minimum atomic E-state index is -1.42. The van der Waals surface area contributed by atoms with E-state index in [0.29, 0.717) is 17.7 Å². The number of rotatable bonds is 14. The Morgan fingerprint density at radius 1 is 1.09 bits per heavy atom. The van der Waals surface area contributed by atoms with Crippen molar-refractivity contribution in [1.29, 1.82) is 0 Å². The number of benzene rings is 1. The molecular weight excluding hydrogens is 476 g/mol. The molecule has 0 saturated carbocycles. The topological polar surface area (TPSA) is 209 Å². The van der Waals surface area contributed by atoms with Gasteiger partial charge in [0.15, 0.2) is 0 Å². The van der Waals surface area contributed by atoms with E-state index in [-0.39, 0.29) is 6.42 Å². The van der Waals surface area contributed by atoms with Crippen LogP contribution in [0.1, 0.15) is 18.4 Å². The number of carboxylic acid groups (broad SMARTS) is 1. The first-order chi connectivity index (χ1) is 16.6. The number of hydrogen-bond donors (Lipinski definition) is 7. The molecule has 0 spiro atoms. The zero-order valence-electron chi connectivity index (χ0n) is 19.2. The molecule has 190 valence electrons. The zero-order valence-corrected chi connectivity index (χ0v) is 20.0. The molecule has 0 aliphatic heterocycles. The van der Waals surface area contributed by atoms with Crippen LogP contribution in [-0.2, 0) is 30.4 Å². The minimum Gasteiger partial charge on any atom is -0.480 e. The summed E-state index contributed by atoms with van der Waals surface area (Å²) in [6.07, 6.45) is 3.36. The van der Waals surface area contributed by atoms with Crippen molar-refractivity contribution in [3.8, 4) is 0 Å². The summed E-state index contributed by atoms with van der Waals surface area (Å²) >= 11 is 1.53. The molecule has 0 saturated heterocycles. The Hall–Kier alpha value is -3.58. The van der Waals surface area contributed by atoms with Gasteiger partial charge in [-0.1, -0.05) is 18.2 Å². The molecular formula is C22H30N6O6S. The number of nitrogens with two attached hydrogens (primary N) is 2. The van der Waals surface area contributed by atoms with Crippen molar-refractivity contribution in [2.75, 3.05) is 18.6 Å². The lowest BCUT2D eigenvalue weighted by molar-refractivity contribution is -0.142. The third-order valence-electron chi connectivity index (χ3n) is 5.16. The van der Waals surface area contributed by atoms with Crippen molar-refractivity contribution in [3.05, 3.63) is 36.0 Å². The van der Waals surface area contributed by atoms with Gasteiger partial charge in [0, 0.05) is 23.5 Å². The monoisotopic (exact) mass is 506 g/mol. The number of H-pyrrole nitrogens is 1. The normalized spacial score (nSPS) is 13.4. The molecule has 12 nitrogen and oxygen atoms in total. The van der Waals surface area contributed by atoms with Gasteiger partial charge in [0.25, 0.3) is 0 Å². The van der Waals surface area contributed by atoms with Gasteiger partial charge in [0.1, 0.15) is 12.1 Å². The summed E-state index contributed by atoms with van der Waals surface area (Å²) in [5, 5.41) is 17.5. The molecule has 1 aromatic heterocycles. The summed E-state index contributed by atoms with van der Waals surface area (Å²) in [6.45, 7) is -0.480.